The molecule has 0 aromatic carbocycles. The lowest BCUT2D eigenvalue weighted by atomic mass is 10.2. The number of nitrogens with one attached hydrogen (secondary N) is 1. The van der Waals surface area contributed by atoms with Gasteiger partial charge in [-0.05, 0) is 38.8 Å². The van der Waals surface area contributed by atoms with Crippen molar-refractivity contribution < 1.29 is 15.0 Å². The van der Waals surface area contributed by atoms with Gasteiger partial charge in [-0.2, -0.15) is 0 Å². The topological polar surface area (TPSA) is 69.6 Å². The van der Waals surface area contributed by atoms with Crippen molar-refractivity contribution in [1.29, 1.82) is 0 Å². The van der Waals surface area contributed by atoms with E-state index in [4.69, 9.17) is 5.11 Å². The molecule has 15 heavy (non-hydrogen) atoms. The van der Waals surface area contributed by atoms with Gasteiger partial charge in [0.2, 0.25) is 0 Å². The molecule has 4 heteroatoms. The van der Waals surface area contributed by atoms with Gasteiger partial charge in [-0.3, -0.25) is 4.79 Å². The average molecular weight is 217 g/mol. The van der Waals surface area contributed by atoms with Crippen molar-refractivity contribution in [2.24, 2.45) is 0 Å². The summed E-state index contributed by atoms with van der Waals surface area (Å²) < 4.78 is 0. The highest BCUT2D eigenvalue weighted by atomic mass is 16.4. The van der Waals surface area contributed by atoms with Crippen LogP contribution in [0.1, 0.15) is 45.4 Å². The monoisotopic (exact) mass is 217 g/mol. The molecule has 0 aliphatic rings. The van der Waals surface area contributed by atoms with Crippen LogP contribution in [0, 0.1) is 0 Å². The molecule has 3 N–H and O–H groups in total. The number of rotatable bonds is 10. The molecule has 0 aromatic heterocycles. The number of aliphatic hydroxyl groups excluding tert-OH is 1. The van der Waals surface area contributed by atoms with Crippen molar-refractivity contribution in [3.8, 4) is 0 Å². The number of carbonyl (C=O) groups is 1. The first kappa shape index (κ1) is 14.4. The van der Waals surface area contributed by atoms with E-state index in [2.05, 4.69) is 5.32 Å². The predicted molar refractivity (Wildman–Crippen MR) is 59.9 cm³/mol. The Bertz CT molecular complexity index is 162. The summed E-state index contributed by atoms with van der Waals surface area (Å²) in [5.41, 5.74) is 0. The third-order valence-electron chi connectivity index (χ3n) is 2.37. The molecule has 1 unspecified atom stereocenters. The van der Waals surface area contributed by atoms with Gasteiger partial charge < -0.3 is 15.5 Å². The molecule has 0 aromatic rings. The predicted octanol–water partition coefficient (Wildman–Crippen LogP) is 1.38. The third kappa shape index (κ3) is 11.3. The lowest BCUT2D eigenvalue weighted by molar-refractivity contribution is -0.137. The second-order valence-corrected chi connectivity index (χ2v) is 3.81. The van der Waals surface area contributed by atoms with Crippen LogP contribution in [0.4, 0.5) is 0 Å². The van der Waals surface area contributed by atoms with Gasteiger partial charge in [0.15, 0.2) is 0 Å². The molecular formula is C11H23NO3. The number of unbranched alkanes of at least 4 members (excludes halogenated alkanes) is 2. The lowest BCUT2D eigenvalue weighted by Gasteiger charge is -2.08. The van der Waals surface area contributed by atoms with Crippen molar-refractivity contribution in [3.63, 3.8) is 0 Å². The number of carboxylic acid groups (broad SMARTS) is 1. The van der Waals surface area contributed by atoms with E-state index in [1.54, 1.807) is 0 Å². The quantitative estimate of drug-likeness (QED) is 0.484. The Balaban J connectivity index is 3.02. The van der Waals surface area contributed by atoms with E-state index >= 15 is 0 Å². The van der Waals surface area contributed by atoms with E-state index in [0.29, 0.717) is 0 Å². The van der Waals surface area contributed by atoms with Crippen LogP contribution in [0.15, 0.2) is 0 Å². The van der Waals surface area contributed by atoms with Gasteiger partial charge in [-0.25, -0.2) is 0 Å². The number of carboxylic acids is 1. The molecule has 0 fully saturated rings. The van der Waals surface area contributed by atoms with E-state index in [9.17, 15) is 9.90 Å². The summed E-state index contributed by atoms with van der Waals surface area (Å²) in [5, 5.41) is 20.9. The minimum absolute atomic E-state index is 0.190. The van der Waals surface area contributed by atoms with Gasteiger partial charge in [0.1, 0.15) is 0 Å². The fourth-order valence-electron chi connectivity index (χ4n) is 1.30. The molecule has 0 bridgehead atoms. The minimum Gasteiger partial charge on any atom is -0.481 e. The normalized spacial score (nSPS) is 12.7. The summed E-state index contributed by atoms with van der Waals surface area (Å²) in [6.07, 6.45) is 4.41. The fraction of sp³-hybridized carbons (Fsp3) is 0.909. The van der Waals surface area contributed by atoms with Crippen LogP contribution in [-0.4, -0.2) is 35.4 Å². The first-order chi connectivity index (χ1) is 7.16. The smallest absolute Gasteiger partial charge is 0.303 e. The summed E-state index contributed by atoms with van der Waals surface area (Å²) in [6, 6.07) is 0. The van der Waals surface area contributed by atoms with Crippen LogP contribution < -0.4 is 5.32 Å². The third-order valence-corrected chi connectivity index (χ3v) is 2.37. The van der Waals surface area contributed by atoms with Crippen LogP contribution in [0.3, 0.4) is 0 Å². The second-order valence-electron chi connectivity index (χ2n) is 3.81. The summed E-state index contributed by atoms with van der Waals surface area (Å²) in [5.74, 6) is -0.714. The number of hydrogen-bond donors (Lipinski definition) is 3. The van der Waals surface area contributed by atoms with Gasteiger partial charge in [-0.15, -0.1) is 0 Å². The van der Waals surface area contributed by atoms with E-state index in [1.165, 1.54) is 0 Å². The zero-order chi connectivity index (χ0) is 11.5. The maximum absolute atomic E-state index is 10.2. The Kier molecular flexibility index (Phi) is 9.52. The fourth-order valence-corrected chi connectivity index (χ4v) is 1.30. The number of hydrogen-bond acceptors (Lipinski definition) is 3. The first-order valence-electron chi connectivity index (χ1n) is 5.77. The summed E-state index contributed by atoms with van der Waals surface area (Å²) in [7, 11) is 0. The molecule has 0 radical (unpaired) electrons. The molecule has 0 amide bonds. The molecule has 4 nitrogen and oxygen atoms in total. The molecule has 0 saturated heterocycles. The molecule has 0 rings (SSSR count). The molecule has 0 aliphatic heterocycles. The summed E-state index contributed by atoms with van der Waals surface area (Å²) in [4.78, 5) is 10.2. The van der Waals surface area contributed by atoms with Crippen LogP contribution in [-0.2, 0) is 4.79 Å². The van der Waals surface area contributed by atoms with Gasteiger partial charge >= 0.3 is 5.97 Å². The largest absolute Gasteiger partial charge is 0.481 e. The molecule has 90 valence electrons. The van der Waals surface area contributed by atoms with Crippen molar-refractivity contribution in [1.82, 2.24) is 5.32 Å². The highest BCUT2D eigenvalue weighted by Gasteiger charge is 1.99. The van der Waals surface area contributed by atoms with Crippen LogP contribution in [0.2, 0.25) is 0 Å². The molecular weight excluding hydrogens is 194 g/mol. The summed E-state index contributed by atoms with van der Waals surface area (Å²) >= 11 is 0. The maximum Gasteiger partial charge on any atom is 0.303 e. The molecule has 0 saturated carbocycles. The minimum atomic E-state index is -0.714. The molecule has 0 spiro atoms. The Morgan fingerprint density at radius 1 is 1.27 bits per heavy atom. The number of aliphatic hydroxyl groups is 1. The molecule has 1 atom stereocenters. The van der Waals surface area contributed by atoms with Crippen molar-refractivity contribution in [2.45, 2.75) is 51.6 Å². The Labute approximate surface area is 91.7 Å². The van der Waals surface area contributed by atoms with E-state index < -0.39 is 5.97 Å². The Morgan fingerprint density at radius 3 is 2.60 bits per heavy atom. The average Bonchev–Trinajstić information content (AvgIpc) is 2.21. The maximum atomic E-state index is 10.2. The molecule has 0 heterocycles. The molecule has 0 aliphatic carbocycles. The highest BCUT2D eigenvalue weighted by Crippen LogP contribution is 1.99. The SMILES string of the molecule is CCC(O)CCNCCCCCC(=O)O. The number of aliphatic carboxylic acids is 1. The van der Waals surface area contributed by atoms with E-state index in [-0.39, 0.29) is 12.5 Å². The van der Waals surface area contributed by atoms with Crippen LogP contribution in [0.25, 0.3) is 0 Å². The lowest BCUT2D eigenvalue weighted by Crippen LogP contribution is -2.21. The Morgan fingerprint density at radius 2 is 2.00 bits per heavy atom. The van der Waals surface area contributed by atoms with Gasteiger partial charge in [0, 0.05) is 6.42 Å². The van der Waals surface area contributed by atoms with Gasteiger partial charge in [-0.1, -0.05) is 13.3 Å². The van der Waals surface area contributed by atoms with Crippen molar-refractivity contribution in [3.05, 3.63) is 0 Å². The summed E-state index contributed by atoms with van der Waals surface area (Å²) in [6.45, 7) is 3.72. The van der Waals surface area contributed by atoms with Crippen LogP contribution in [0.5, 0.6) is 0 Å². The van der Waals surface area contributed by atoms with Gasteiger partial charge in [0.25, 0.3) is 0 Å². The van der Waals surface area contributed by atoms with E-state index in [0.717, 1.165) is 45.2 Å². The van der Waals surface area contributed by atoms with Crippen molar-refractivity contribution >= 4 is 5.97 Å². The van der Waals surface area contributed by atoms with E-state index in [1.807, 2.05) is 6.92 Å². The van der Waals surface area contributed by atoms with Gasteiger partial charge in [0.05, 0.1) is 6.10 Å². The van der Waals surface area contributed by atoms with Crippen molar-refractivity contribution in [2.75, 3.05) is 13.1 Å². The zero-order valence-corrected chi connectivity index (χ0v) is 9.54. The zero-order valence-electron chi connectivity index (χ0n) is 9.54. The first-order valence-corrected chi connectivity index (χ1v) is 5.77. The highest BCUT2D eigenvalue weighted by molar-refractivity contribution is 5.66. The van der Waals surface area contributed by atoms with Crippen LogP contribution >= 0.6 is 0 Å². The standard InChI is InChI=1S/C11H23NO3/c1-2-10(13)7-9-12-8-5-3-4-6-11(14)15/h10,12-13H,2-9H2,1H3,(H,14,15). The second kappa shape index (κ2) is 9.93. The Hall–Kier alpha value is -0.610.